The van der Waals surface area contributed by atoms with Crippen LogP contribution >= 0.6 is 0 Å². The van der Waals surface area contributed by atoms with Crippen LogP contribution in [0.1, 0.15) is 54.1 Å². The van der Waals surface area contributed by atoms with Gasteiger partial charge < -0.3 is 10.1 Å². The van der Waals surface area contributed by atoms with Gasteiger partial charge in [0.2, 0.25) is 0 Å². The normalized spacial score (nSPS) is 15.4. The summed E-state index contributed by atoms with van der Waals surface area (Å²) in [6, 6.07) is 12.6. The molecule has 0 saturated carbocycles. The van der Waals surface area contributed by atoms with Crippen molar-refractivity contribution in [1.29, 1.82) is 0 Å². The minimum absolute atomic E-state index is 0.0244. The van der Waals surface area contributed by atoms with Crippen LogP contribution in [0, 0.1) is 13.8 Å². The maximum atomic E-state index is 12.5. The lowest BCUT2D eigenvalue weighted by Crippen LogP contribution is -2.37. The summed E-state index contributed by atoms with van der Waals surface area (Å²) in [5, 5.41) is 3.07. The predicted octanol–water partition coefficient (Wildman–Crippen LogP) is 4.44. The predicted molar refractivity (Wildman–Crippen MR) is 101 cm³/mol. The second kappa shape index (κ2) is 7.30. The molecule has 0 aliphatic heterocycles. The molecule has 132 valence electrons. The molecule has 0 bridgehead atoms. The van der Waals surface area contributed by atoms with Gasteiger partial charge in [-0.3, -0.25) is 4.79 Å². The van der Waals surface area contributed by atoms with Crippen LogP contribution in [0.15, 0.2) is 36.4 Å². The molecular formula is C22H27NO2. The Morgan fingerprint density at radius 3 is 2.40 bits per heavy atom. The number of carbonyl (C=O) groups is 1. The summed E-state index contributed by atoms with van der Waals surface area (Å²) in [4.78, 5) is 12.5. The van der Waals surface area contributed by atoms with Crippen molar-refractivity contribution >= 4 is 5.91 Å². The van der Waals surface area contributed by atoms with Crippen LogP contribution in [0.5, 0.6) is 5.75 Å². The van der Waals surface area contributed by atoms with Gasteiger partial charge in [0.1, 0.15) is 5.75 Å². The van der Waals surface area contributed by atoms with Crippen molar-refractivity contribution < 1.29 is 9.53 Å². The molecule has 0 heterocycles. The zero-order valence-electron chi connectivity index (χ0n) is 15.6. The minimum Gasteiger partial charge on any atom is -0.481 e. The average Bonchev–Trinajstić information content (AvgIpc) is 3.01. The standard InChI is InChI=1S/C22H27NO2/c1-14-10-15(2)12-21(11-14)25-17(4)22(24)23-16(3)19-9-8-18-6-5-7-20(18)13-19/h8-13,16-17H,5-7H2,1-4H3,(H,23,24). The van der Waals surface area contributed by atoms with E-state index in [1.54, 1.807) is 6.92 Å². The second-order valence-corrected chi connectivity index (χ2v) is 7.20. The third kappa shape index (κ3) is 4.22. The summed E-state index contributed by atoms with van der Waals surface area (Å²) in [7, 11) is 0. The molecule has 0 fully saturated rings. The number of ether oxygens (including phenoxy) is 1. The summed E-state index contributed by atoms with van der Waals surface area (Å²) >= 11 is 0. The second-order valence-electron chi connectivity index (χ2n) is 7.20. The zero-order valence-corrected chi connectivity index (χ0v) is 15.6. The summed E-state index contributed by atoms with van der Waals surface area (Å²) in [6.07, 6.45) is 3.03. The van der Waals surface area contributed by atoms with E-state index in [1.165, 1.54) is 24.0 Å². The van der Waals surface area contributed by atoms with Gasteiger partial charge in [-0.2, -0.15) is 0 Å². The van der Waals surface area contributed by atoms with Gasteiger partial charge in [0.25, 0.3) is 5.91 Å². The molecule has 2 atom stereocenters. The number of aryl methyl sites for hydroxylation is 4. The fourth-order valence-corrected chi connectivity index (χ4v) is 3.53. The van der Waals surface area contributed by atoms with Crippen molar-refractivity contribution in [3.05, 3.63) is 64.2 Å². The molecule has 25 heavy (non-hydrogen) atoms. The van der Waals surface area contributed by atoms with Gasteiger partial charge in [0.05, 0.1) is 6.04 Å². The van der Waals surface area contributed by atoms with Crippen molar-refractivity contribution in [2.45, 2.75) is 59.1 Å². The fraction of sp³-hybridized carbons (Fsp3) is 0.409. The van der Waals surface area contributed by atoms with Gasteiger partial charge in [-0.05, 0) is 86.9 Å². The highest BCUT2D eigenvalue weighted by Crippen LogP contribution is 2.25. The minimum atomic E-state index is -0.530. The highest BCUT2D eigenvalue weighted by atomic mass is 16.5. The summed E-state index contributed by atoms with van der Waals surface area (Å²) in [5.74, 6) is 0.650. The molecular weight excluding hydrogens is 310 g/mol. The van der Waals surface area contributed by atoms with Crippen LogP contribution < -0.4 is 10.1 Å². The molecule has 3 rings (SSSR count). The summed E-state index contributed by atoms with van der Waals surface area (Å²) in [6.45, 7) is 7.88. The van der Waals surface area contributed by atoms with Crippen LogP contribution in [-0.2, 0) is 17.6 Å². The number of amides is 1. The third-order valence-electron chi connectivity index (χ3n) is 4.86. The molecule has 2 aromatic rings. The van der Waals surface area contributed by atoms with Gasteiger partial charge in [-0.15, -0.1) is 0 Å². The van der Waals surface area contributed by atoms with Gasteiger partial charge >= 0.3 is 0 Å². The van der Waals surface area contributed by atoms with Crippen LogP contribution in [0.3, 0.4) is 0 Å². The maximum Gasteiger partial charge on any atom is 0.261 e. The molecule has 0 saturated heterocycles. The van der Waals surface area contributed by atoms with Crippen molar-refractivity contribution in [2.75, 3.05) is 0 Å². The van der Waals surface area contributed by atoms with E-state index in [1.807, 2.05) is 32.9 Å². The monoisotopic (exact) mass is 337 g/mol. The average molecular weight is 337 g/mol. The van der Waals surface area contributed by atoms with Crippen LogP contribution in [0.2, 0.25) is 0 Å². The molecule has 1 aliphatic rings. The van der Waals surface area contributed by atoms with E-state index in [0.717, 1.165) is 28.9 Å². The van der Waals surface area contributed by atoms with Crippen molar-refractivity contribution in [3.63, 3.8) is 0 Å². The number of rotatable bonds is 5. The molecule has 2 aromatic carbocycles. The van der Waals surface area contributed by atoms with E-state index >= 15 is 0 Å². The first kappa shape index (κ1) is 17.5. The first-order valence-corrected chi connectivity index (χ1v) is 9.09. The first-order chi connectivity index (χ1) is 11.9. The highest BCUT2D eigenvalue weighted by molar-refractivity contribution is 5.81. The Balaban J connectivity index is 1.62. The number of hydrogen-bond donors (Lipinski definition) is 1. The summed E-state index contributed by atoms with van der Waals surface area (Å²) < 4.78 is 5.84. The Morgan fingerprint density at radius 1 is 1.00 bits per heavy atom. The number of benzene rings is 2. The fourth-order valence-electron chi connectivity index (χ4n) is 3.53. The topological polar surface area (TPSA) is 38.3 Å². The van der Waals surface area contributed by atoms with Gasteiger partial charge in [0, 0.05) is 0 Å². The third-order valence-corrected chi connectivity index (χ3v) is 4.86. The first-order valence-electron chi connectivity index (χ1n) is 9.09. The maximum absolute atomic E-state index is 12.5. The Kier molecular flexibility index (Phi) is 5.12. The lowest BCUT2D eigenvalue weighted by atomic mass is 10.0. The van der Waals surface area contributed by atoms with Crippen molar-refractivity contribution in [2.24, 2.45) is 0 Å². The molecule has 3 heteroatoms. The van der Waals surface area contributed by atoms with Crippen LogP contribution in [-0.4, -0.2) is 12.0 Å². The number of hydrogen-bond acceptors (Lipinski definition) is 2. The largest absolute Gasteiger partial charge is 0.481 e. The Labute approximate surface area is 150 Å². The summed E-state index contributed by atoms with van der Waals surface area (Å²) in [5.41, 5.74) is 6.31. The smallest absolute Gasteiger partial charge is 0.261 e. The van der Waals surface area contributed by atoms with Crippen LogP contribution in [0.4, 0.5) is 0 Å². The Hall–Kier alpha value is -2.29. The van der Waals surface area contributed by atoms with E-state index in [0.29, 0.717) is 0 Å². The molecule has 0 radical (unpaired) electrons. The number of fused-ring (bicyclic) bond motifs is 1. The van der Waals surface area contributed by atoms with Crippen LogP contribution in [0.25, 0.3) is 0 Å². The lowest BCUT2D eigenvalue weighted by molar-refractivity contribution is -0.127. The Bertz CT molecular complexity index is 761. The molecule has 1 aliphatic carbocycles. The molecule has 0 aromatic heterocycles. The number of carbonyl (C=O) groups excluding carboxylic acids is 1. The molecule has 3 nitrogen and oxygen atoms in total. The Morgan fingerprint density at radius 2 is 1.68 bits per heavy atom. The zero-order chi connectivity index (χ0) is 18.0. The van der Waals surface area contributed by atoms with Crippen molar-refractivity contribution in [1.82, 2.24) is 5.32 Å². The van der Waals surface area contributed by atoms with Gasteiger partial charge in [0.15, 0.2) is 6.10 Å². The molecule has 1 N–H and O–H groups in total. The van der Waals surface area contributed by atoms with E-state index in [9.17, 15) is 4.79 Å². The van der Waals surface area contributed by atoms with Gasteiger partial charge in [-0.25, -0.2) is 0 Å². The van der Waals surface area contributed by atoms with Gasteiger partial charge in [-0.1, -0.05) is 24.3 Å². The van der Waals surface area contributed by atoms with E-state index in [4.69, 9.17) is 4.74 Å². The van der Waals surface area contributed by atoms with E-state index < -0.39 is 6.10 Å². The molecule has 2 unspecified atom stereocenters. The molecule has 0 spiro atoms. The highest BCUT2D eigenvalue weighted by Gasteiger charge is 2.19. The van der Waals surface area contributed by atoms with E-state index in [-0.39, 0.29) is 11.9 Å². The number of nitrogens with one attached hydrogen (secondary N) is 1. The SMILES string of the molecule is Cc1cc(C)cc(OC(C)C(=O)NC(C)c2ccc3c(c2)CCC3)c1. The quantitative estimate of drug-likeness (QED) is 0.876. The van der Waals surface area contributed by atoms with Crippen molar-refractivity contribution in [3.8, 4) is 5.75 Å². The van der Waals surface area contributed by atoms with E-state index in [2.05, 4.69) is 29.6 Å². The molecule has 1 amide bonds. The lowest BCUT2D eigenvalue weighted by Gasteiger charge is -2.20.